The van der Waals surface area contributed by atoms with Gasteiger partial charge in [-0.25, -0.2) is 4.79 Å². The average molecular weight is 305 g/mol. The van der Waals surface area contributed by atoms with Crippen LogP contribution in [0.25, 0.3) is 0 Å². The molecule has 2 rings (SSSR count). The van der Waals surface area contributed by atoms with Gasteiger partial charge in [-0.2, -0.15) is 0 Å². The van der Waals surface area contributed by atoms with E-state index in [1.807, 2.05) is 17.0 Å². The van der Waals surface area contributed by atoms with Crippen LogP contribution in [-0.2, 0) is 0 Å². The third-order valence-corrected chi connectivity index (χ3v) is 4.36. The first-order valence-corrected chi connectivity index (χ1v) is 7.95. The highest BCUT2D eigenvalue weighted by Gasteiger charge is 2.22. The zero-order valence-electron chi connectivity index (χ0n) is 14.0. The van der Waals surface area contributed by atoms with Crippen LogP contribution in [0.4, 0.5) is 10.5 Å². The molecule has 1 unspecified atom stereocenters. The highest BCUT2D eigenvalue weighted by molar-refractivity contribution is 5.75. The first-order chi connectivity index (χ1) is 10.5. The highest BCUT2D eigenvalue weighted by Crippen LogP contribution is 2.20. The summed E-state index contributed by atoms with van der Waals surface area (Å²) in [4.78, 5) is 16.4. The smallest absolute Gasteiger partial charge is 0.317 e. The van der Waals surface area contributed by atoms with Crippen molar-refractivity contribution in [1.29, 1.82) is 0 Å². The number of urea groups is 1. The van der Waals surface area contributed by atoms with Gasteiger partial charge in [0.05, 0.1) is 7.11 Å². The molecule has 122 valence electrons. The minimum atomic E-state index is 0.0515. The third-order valence-electron chi connectivity index (χ3n) is 4.36. The molecule has 1 atom stereocenters. The van der Waals surface area contributed by atoms with Crippen molar-refractivity contribution in [2.75, 3.05) is 38.2 Å². The van der Waals surface area contributed by atoms with Crippen LogP contribution in [0, 0.1) is 5.92 Å². The Balaban J connectivity index is 1.85. The standard InChI is InChI=1S/C17H27N3O2/c1-13(2)14(3)18-17(21)20-11-9-19(10-12-20)15-5-7-16(22-4)8-6-15/h5-8,13-14H,9-12H2,1-4H3,(H,18,21). The van der Waals surface area contributed by atoms with E-state index in [4.69, 9.17) is 4.74 Å². The van der Waals surface area contributed by atoms with Crippen molar-refractivity contribution >= 4 is 11.7 Å². The second kappa shape index (κ2) is 7.38. The molecule has 22 heavy (non-hydrogen) atoms. The van der Waals surface area contributed by atoms with Crippen LogP contribution >= 0.6 is 0 Å². The van der Waals surface area contributed by atoms with Gasteiger partial charge in [-0.3, -0.25) is 0 Å². The van der Waals surface area contributed by atoms with Gasteiger partial charge in [-0.15, -0.1) is 0 Å². The Hall–Kier alpha value is -1.91. The van der Waals surface area contributed by atoms with Crippen molar-refractivity contribution in [2.45, 2.75) is 26.8 Å². The number of carbonyl (C=O) groups excluding carboxylic acids is 1. The van der Waals surface area contributed by atoms with Crippen LogP contribution in [0.5, 0.6) is 5.75 Å². The zero-order chi connectivity index (χ0) is 16.1. The molecule has 5 heteroatoms. The van der Waals surface area contributed by atoms with Crippen molar-refractivity contribution in [1.82, 2.24) is 10.2 Å². The number of carbonyl (C=O) groups is 1. The van der Waals surface area contributed by atoms with E-state index in [0.29, 0.717) is 5.92 Å². The van der Waals surface area contributed by atoms with Gasteiger partial charge in [-0.05, 0) is 37.1 Å². The molecule has 1 aromatic carbocycles. The maximum atomic E-state index is 12.2. The van der Waals surface area contributed by atoms with Gasteiger partial charge in [0.1, 0.15) is 5.75 Å². The topological polar surface area (TPSA) is 44.8 Å². The summed E-state index contributed by atoms with van der Waals surface area (Å²) in [5.41, 5.74) is 1.18. The molecule has 0 saturated carbocycles. The number of hydrogen-bond acceptors (Lipinski definition) is 3. The van der Waals surface area contributed by atoms with Gasteiger partial charge in [0, 0.05) is 37.9 Å². The summed E-state index contributed by atoms with van der Waals surface area (Å²) in [6.45, 7) is 9.51. The lowest BCUT2D eigenvalue weighted by Gasteiger charge is -2.36. The molecule has 1 aromatic rings. The van der Waals surface area contributed by atoms with Gasteiger partial charge >= 0.3 is 6.03 Å². The van der Waals surface area contributed by atoms with Crippen LogP contribution in [0.3, 0.4) is 0 Å². The Morgan fingerprint density at radius 3 is 2.18 bits per heavy atom. The predicted molar refractivity (Wildman–Crippen MR) is 89.6 cm³/mol. The van der Waals surface area contributed by atoms with Crippen LogP contribution in [-0.4, -0.2) is 50.3 Å². The minimum Gasteiger partial charge on any atom is -0.497 e. The van der Waals surface area contributed by atoms with E-state index in [1.54, 1.807) is 7.11 Å². The fourth-order valence-corrected chi connectivity index (χ4v) is 2.41. The number of methoxy groups -OCH3 is 1. The van der Waals surface area contributed by atoms with Gasteiger partial charge in [0.15, 0.2) is 0 Å². The number of rotatable bonds is 4. The molecule has 0 aliphatic carbocycles. The lowest BCUT2D eigenvalue weighted by Crippen LogP contribution is -2.53. The molecule has 5 nitrogen and oxygen atoms in total. The maximum absolute atomic E-state index is 12.2. The Bertz CT molecular complexity index is 479. The molecular weight excluding hydrogens is 278 g/mol. The third kappa shape index (κ3) is 4.06. The van der Waals surface area contributed by atoms with E-state index in [1.165, 1.54) is 5.69 Å². The molecular formula is C17H27N3O2. The second-order valence-electron chi connectivity index (χ2n) is 6.15. The summed E-state index contributed by atoms with van der Waals surface area (Å²) in [7, 11) is 1.67. The van der Waals surface area contributed by atoms with Crippen LogP contribution in [0.15, 0.2) is 24.3 Å². The maximum Gasteiger partial charge on any atom is 0.317 e. The number of ether oxygens (including phenoxy) is 1. The van der Waals surface area contributed by atoms with Gasteiger partial charge in [0.2, 0.25) is 0 Å². The molecule has 1 aliphatic rings. The van der Waals surface area contributed by atoms with E-state index >= 15 is 0 Å². The van der Waals surface area contributed by atoms with Crippen molar-refractivity contribution < 1.29 is 9.53 Å². The summed E-state index contributed by atoms with van der Waals surface area (Å²) >= 11 is 0. The quantitative estimate of drug-likeness (QED) is 0.930. The number of amides is 2. The fraction of sp³-hybridized carbons (Fsp3) is 0.588. The van der Waals surface area contributed by atoms with Crippen molar-refractivity contribution in [3.63, 3.8) is 0 Å². The molecule has 1 N–H and O–H groups in total. The molecule has 0 bridgehead atoms. The van der Waals surface area contributed by atoms with Crippen LogP contribution in [0.1, 0.15) is 20.8 Å². The first kappa shape index (κ1) is 16.5. The normalized spacial score (nSPS) is 16.6. The Morgan fingerprint density at radius 2 is 1.68 bits per heavy atom. The molecule has 0 radical (unpaired) electrons. The van der Waals surface area contributed by atoms with Gasteiger partial charge < -0.3 is 19.9 Å². The Labute approximate surface area is 133 Å². The zero-order valence-corrected chi connectivity index (χ0v) is 14.0. The molecule has 1 saturated heterocycles. The molecule has 1 fully saturated rings. The number of nitrogens with zero attached hydrogens (tertiary/aromatic N) is 2. The van der Waals surface area contributed by atoms with E-state index in [-0.39, 0.29) is 12.1 Å². The summed E-state index contributed by atoms with van der Waals surface area (Å²) in [5, 5.41) is 3.07. The molecule has 0 aromatic heterocycles. The summed E-state index contributed by atoms with van der Waals surface area (Å²) in [6, 6.07) is 8.32. The number of anilines is 1. The SMILES string of the molecule is COc1ccc(N2CCN(C(=O)NC(C)C(C)C)CC2)cc1. The number of nitrogens with one attached hydrogen (secondary N) is 1. The number of hydrogen-bond donors (Lipinski definition) is 1. The minimum absolute atomic E-state index is 0.0515. The lowest BCUT2D eigenvalue weighted by molar-refractivity contribution is 0.188. The predicted octanol–water partition coefficient (Wildman–Crippen LogP) is 2.57. The Kier molecular flexibility index (Phi) is 5.52. The largest absolute Gasteiger partial charge is 0.497 e. The first-order valence-electron chi connectivity index (χ1n) is 7.95. The second-order valence-corrected chi connectivity index (χ2v) is 6.15. The monoisotopic (exact) mass is 305 g/mol. The van der Waals surface area contributed by atoms with E-state index in [9.17, 15) is 4.79 Å². The number of piperazine rings is 1. The number of benzene rings is 1. The highest BCUT2D eigenvalue weighted by atomic mass is 16.5. The van der Waals surface area contributed by atoms with Gasteiger partial charge in [-0.1, -0.05) is 13.8 Å². The summed E-state index contributed by atoms with van der Waals surface area (Å²) in [5.74, 6) is 1.31. The molecule has 1 aliphatic heterocycles. The van der Waals surface area contributed by atoms with E-state index in [0.717, 1.165) is 31.9 Å². The van der Waals surface area contributed by atoms with E-state index in [2.05, 4.69) is 43.1 Å². The summed E-state index contributed by atoms with van der Waals surface area (Å²) in [6.07, 6.45) is 0. The lowest BCUT2D eigenvalue weighted by atomic mass is 10.1. The van der Waals surface area contributed by atoms with E-state index < -0.39 is 0 Å². The van der Waals surface area contributed by atoms with Crippen molar-refractivity contribution in [2.24, 2.45) is 5.92 Å². The molecule has 0 spiro atoms. The van der Waals surface area contributed by atoms with Crippen LogP contribution in [0.2, 0.25) is 0 Å². The van der Waals surface area contributed by atoms with Gasteiger partial charge in [0.25, 0.3) is 0 Å². The molecule has 1 heterocycles. The summed E-state index contributed by atoms with van der Waals surface area (Å²) < 4.78 is 5.18. The average Bonchev–Trinajstić information content (AvgIpc) is 2.55. The Morgan fingerprint density at radius 1 is 1.09 bits per heavy atom. The fourth-order valence-electron chi connectivity index (χ4n) is 2.41. The van der Waals surface area contributed by atoms with Crippen molar-refractivity contribution in [3.05, 3.63) is 24.3 Å². The van der Waals surface area contributed by atoms with Crippen LogP contribution < -0.4 is 15.0 Å². The molecule has 2 amide bonds. The van der Waals surface area contributed by atoms with Crippen molar-refractivity contribution in [3.8, 4) is 5.75 Å².